The summed E-state index contributed by atoms with van der Waals surface area (Å²) in [5.74, 6) is -0.259. The molecular formula is C20H20FN3OS. The van der Waals surface area contributed by atoms with Crippen LogP contribution in [0.25, 0.3) is 11.8 Å². The van der Waals surface area contributed by atoms with Crippen molar-refractivity contribution in [2.75, 3.05) is 0 Å². The van der Waals surface area contributed by atoms with E-state index in [0.29, 0.717) is 6.42 Å². The Labute approximate surface area is 155 Å². The van der Waals surface area contributed by atoms with Crippen molar-refractivity contribution < 1.29 is 9.50 Å². The first-order valence-corrected chi connectivity index (χ1v) is 9.43. The summed E-state index contributed by atoms with van der Waals surface area (Å²) in [6, 6.07) is 6.34. The monoisotopic (exact) mass is 369 g/mol. The van der Waals surface area contributed by atoms with Crippen LogP contribution in [0.4, 0.5) is 4.39 Å². The van der Waals surface area contributed by atoms with Gasteiger partial charge in [-0.2, -0.15) is 5.10 Å². The molecule has 4 rings (SSSR count). The summed E-state index contributed by atoms with van der Waals surface area (Å²) in [4.78, 5) is 4.23. The second-order valence-electron chi connectivity index (χ2n) is 7.10. The molecule has 1 aliphatic rings. The van der Waals surface area contributed by atoms with Gasteiger partial charge < -0.3 is 5.11 Å². The van der Waals surface area contributed by atoms with Crippen LogP contribution in [0.15, 0.2) is 47.6 Å². The second kappa shape index (κ2) is 6.45. The van der Waals surface area contributed by atoms with E-state index < -0.39 is 6.10 Å². The van der Waals surface area contributed by atoms with Crippen molar-refractivity contribution in [2.45, 2.75) is 32.8 Å². The lowest BCUT2D eigenvalue weighted by atomic mass is 9.70. The zero-order chi connectivity index (χ0) is 18.3. The minimum Gasteiger partial charge on any atom is -0.386 e. The lowest BCUT2D eigenvalue weighted by Gasteiger charge is -2.35. The van der Waals surface area contributed by atoms with Crippen LogP contribution in [-0.4, -0.2) is 19.9 Å². The third-order valence-corrected chi connectivity index (χ3v) is 6.10. The molecule has 1 aliphatic carbocycles. The van der Waals surface area contributed by atoms with Gasteiger partial charge in [0.05, 0.1) is 17.6 Å². The summed E-state index contributed by atoms with van der Waals surface area (Å²) in [5.41, 5.74) is 4.03. The standard InChI is InChI=1S/C20H20FN3OS/c1-13-9-17-14(12-23-24(17)16-5-3-15(21)4-6-16)10-20(13,2)11-18(25)19-22-7-8-26-19/h3-9,12,18,25H,10-11H2,1-2H3/t18?,20-/m1/s1. The van der Waals surface area contributed by atoms with E-state index in [2.05, 4.69) is 30.0 Å². The third-order valence-electron chi connectivity index (χ3n) is 5.22. The fourth-order valence-electron chi connectivity index (χ4n) is 3.56. The molecule has 0 saturated carbocycles. The number of nitrogens with zero attached hydrogens (tertiary/aromatic N) is 3. The van der Waals surface area contributed by atoms with Gasteiger partial charge in [0.1, 0.15) is 16.9 Å². The summed E-state index contributed by atoms with van der Waals surface area (Å²) in [6.07, 6.45) is 6.56. The van der Waals surface area contributed by atoms with Crippen molar-refractivity contribution in [3.8, 4) is 5.69 Å². The number of aromatic nitrogens is 3. The topological polar surface area (TPSA) is 50.9 Å². The predicted octanol–water partition coefficient (Wildman–Crippen LogP) is 4.56. The molecule has 6 heteroatoms. The number of aliphatic hydroxyl groups excluding tert-OH is 1. The Hall–Kier alpha value is -2.31. The molecular weight excluding hydrogens is 349 g/mol. The molecule has 3 aromatic rings. The van der Waals surface area contributed by atoms with Gasteiger partial charge in [0.2, 0.25) is 0 Å². The van der Waals surface area contributed by atoms with E-state index in [4.69, 9.17) is 0 Å². The number of benzene rings is 1. The van der Waals surface area contributed by atoms with Crippen molar-refractivity contribution in [3.63, 3.8) is 0 Å². The highest BCUT2D eigenvalue weighted by molar-refractivity contribution is 7.09. The Bertz CT molecular complexity index is 946. The van der Waals surface area contributed by atoms with E-state index in [1.807, 2.05) is 16.3 Å². The maximum absolute atomic E-state index is 13.2. The van der Waals surface area contributed by atoms with Crippen molar-refractivity contribution in [1.29, 1.82) is 0 Å². The number of rotatable bonds is 4. The van der Waals surface area contributed by atoms with Crippen molar-refractivity contribution in [3.05, 3.63) is 69.7 Å². The lowest BCUT2D eigenvalue weighted by molar-refractivity contribution is 0.121. The molecule has 2 aromatic heterocycles. The van der Waals surface area contributed by atoms with E-state index in [-0.39, 0.29) is 11.2 Å². The largest absolute Gasteiger partial charge is 0.386 e. The highest BCUT2D eigenvalue weighted by Crippen LogP contribution is 2.44. The van der Waals surface area contributed by atoms with E-state index >= 15 is 0 Å². The highest BCUT2D eigenvalue weighted by Gasteiger charge is 2.35. The van der Waals surface area contributed by atoms with Crippen LogP contribution < -0.4 is 0 Å². The minimum atomic E-state index is -0.572. The molecule has 134 valence electrons. The van der Waals surface area contributed by atoms with Crippen LogP contribution in [0.2, 0.25) is 0 Å². The van der Waals surface area contributed by atoms with Gasteiger partial charge in [-0.1, -0.05) is 12.5 Å². The van der Waals surface area contributed by atoms with Crippen LogP contribution >= 0.6 is 11.3 Å². The molecule has 0 spiro atoms. The molecule has 0 fully saturated rings. The Morgan fingerprint density at radius 1 is 1.35 bits per heavy atom. The first kappa shape index (κ1) is 17.1. The average Bonchev–Trinajstić information content (AvgIpc) is 3.26. The Morgan fingerprint density at radius 3 is 2.81 bits per heavy atom. The summed E-state index contributed by atoms with van der Waals surface area (Å²) in [5, 5.41) is 17.7. The lowest BCUT2D eigenvalue weighted by Crippen LogP contribution is -2.27. The van der Waals surface area contributed by atoms with Crippen molar-refractivity contribution in [2.24, 2.45) is 5.41 Å². The van der Waals surface area contributed by atoms with Crippen LogP contribution in [-0.2, 0) is 6.42 Å². The van der Waals surface area contributed by atoms with E-state index in [9.17, 15) is 9.50 Å². The van der Waals surface area contributed by atoms with Gasteiger partial charge in [-0.05, 0) is 61.1 Å². The second-order valence-corrected chi connectivity index (χ2v) is 8.02. The highest BCUT2D eigenvalue weighted by atomic mass is 32.1. The number of hydrogen-bond donors (Lipinski definition) is 1. The molecule has 2 heterocycles. The summed E-state index contributed by atoms with van der Waals surface area (Å²) in [6.45, 7) is 4.27. The van der Waals surface area contributed by atoms with Gasteiger partial charge in [-0.15, -0.1) is 11.3 Å². The molecule has 1 unspecified atom stereocenters. The van der Waals surface area contributed by atoms with E-state index in [0.717, 1.165) is 28.4 Å². The Balaban J connectivity index is 1.64. The van der Waals surface area contributed by atoms with Crippen LogP contribution in [0.1, 0.15) is 42.6 Å². The molecule has 0 radical (unpaired) electrons. The normalized spacial score (nSPS) is 20.5. The SMILES string of the molecule is CC1=Cc2c(cnn2-c2ccc(F)cc2)C[C@]1(C)CC(O)c1nccs1. The third kappa shape index (κ3) is 2.99. The quantitative estimate of drug-likeness (QED) is 0.734. The van der Waals surface area contributed by atoms with Crippen LogP contribution in [0.3, 0.4) is 0 Å². The zero-order valence-electron chi connectivity index (χ0n) is 14.7. The molecule has 0 amide bonds. The fourth-order valence-corrected chi connectivity index (χ4v) is 4.18. The average molecular weight is 369 g/mol. The van der Waals surface area contributed by atoms with Gasteiger partial charge in [0.25, 0.3) is 0 Å². The molecule has 1 aromatic carbocycles. The molecule has 1 N–H and O–H groups in total. The summed E-state index contributed by atoms with van der Waals surface area (Å²) in [7, 11) is 0. The first-order valence-electron chi connectivity index (χ1n) is 8.55. The number of hydrogen-bond acceptors (Lipinski definition) is 4. The summed E-state index contributed by atoms with van der Waals surface area (Å²) < 4.78 is 15.0. The maximum atomic E-state index is 13.2. The van der Waals surface area contributed by atoms with Gasteiger partial charge >= 0.3 is 0 Å². The van der Waals surface area contributed by atoms with Gasteiger partial charge in [-0.3, -0.25) is 0 Å². The van der Waals surface area contributed by atoms with E-state index in [1.165, 1.54) is 29.0 Å². The van der Waals surface area contributed by atoms with Crippen molar-refractivity contribution in [1.82, 2.24) is 14.8 Å². The maximum Gasteiger partial charge on any atom is 0.123 e. The number of fused-ring (bicyclic) bond motifs is 1. The molecule has 0 aliphatic heterocycles. The molecule has 4 nitrogen and oxygen atoms in total. The van der Waals surface area contributed by atoms with Gasteiger partial charge in [0, 0.05) is 11.6 Å². The minimum absolute atomic E-state index is 0.158. The molecule has 0 saturated heterocycles. The van der Waals surface area contributed by atoms with Gasteiger partial charge in [0.15, 0.2) is 0 Å². The van der Waals surface area contributed by atoms with E-state index in [1.54, 1.807) is 18.3 Å². The van der Waals surface area contributed by atoms with Crippen LogP contribution in [0, 0.1) is 11.2 Å². The Kier molecular flexibility index (Phi) is 4.25. The number of thiazole rings is 1. The number of halogens is 1. The fraction of sp³-hybridized carbons (Fsp3) is 0.300. The zero-order valence-corrected chi connectivity index (χ0v) is 15.5. The number of allylic oxidation sites excluding steroid dienone is 1. The van der Waals surface area contributed by atoms with Gasteiger partial charge in [-0.25, -0.2) is 14.1 Å². The van der Waals surface area contributed by atoms with Crippen LogP contribution in [0.5, 0.6) is 0 Å². The number of aliphatic hydroxyl groups is 1. The smallest absolute Gasteiger partial charge is 0.123 e. The predicted molar refractivity (Wildman–Crippen MR) is 101 cm³/mol. The molecule has 2 atom stereocenters. The Morgan fingerprint density at radius 2 is 2.12 bits per heavy atom. The summed E-state index contributed by atoms with van der Waals surface area (Å²) >= 11 is 1.48. The molecule has 0 bridgehead atoms. The van der Waals surface area contributed by atoms with Crippen molar-refractivity contribution >= 4 is 17.4 Å². The molecule has 26 heavy (non-hydrogen) atoms. The first-order chi connectivity index (χ1) is 12.5.